The molecule has 0 radical (unpaired) electrons. The fraction of sp³-hybridized carbons (Fsp3) is 0.186. The zero-order valence-electron chi connectivity index (χ0n) is 35.2. The van der Waals surface area contributed by atoms with Crippen molar-refractivity contribution in [3.63, 3.8) is 0 Å². The molecule has 2 atom stereocenters. The smallest absolute Gasteiger partial charge is 0.0467 e. The topological polar surface area (TPSA) is 3.24 Å². The number of hydrogen-bond acceptors (Lipinski definition) is 1. The van der Waals surface area contributed by atoms with Crippen LogP contribution in [0.5, 0.6) is 0 Å². The molecule has 0 aliphatic heterocycles. The monoisotopic (exact) mass is 775 g/mol. The molecule has 60 heavy (non-hydrogen) atoms. The largest absolute Gasteiger partial charge is 0.310 e. The van der Waals surface area contributed by atoms with E-state index in [-0.39, 0.29) is 5.41 Å². The van der Waals surface area contributed by atoms with Gasteiger partial charge in [-0.25, -0.2) is 0 Å². The van der Waals surface area contributed by atoms with E-state index in [1.807, 2.05) is 0 Å². The Labute approximate surface area is 356 Å². The second-order valence-electron chi connectivity index (χ2n) is 18.0. The molecule has 2 aliphatic rings. The maximum atomic E-state index is 4.36. The summed E-state index contributed by atoms with van der Waals surface area (Å²) in [7, 11) is 0. The molecular weight excluding hydrogens is 723 g/mol. The Morgan fingerprint density at radius 3 is 1.85 bits per heavy atom. The first kappa shape index (κ1) is 37.8. The summed E-state index contributed by atoms with van der Waals surface area (Å²) in [6, 6.07) is 67.7. The van der Waals surface area contributed by atoms with Crippen molar-refractivity contribution >= 4 is 27.8 Å². The van der Waals surface area contributed by atoms with E-state index >= 15 is 0 Å². The van der Waals surface area contributed by atoms with Crippen LogP contribution >= 0.6 is 0 Å². The van der Waals surface area contributed by atoms with Gasteiger partial charge in [0.25, 0.3) is 0 Å². The van der Waals surface area contributed by atoms with E-state index in [1.54, 1.807) is 0 Å². The highest BCUT2D eigenvalue weighted by atomic mass is 15.1. The Hall–Kier alpha value is -6.44. The quantitative estimate of drug-likeness (QED) is 0.132. The summed E-state index contributed by atoms with van der Waals surface area (Å²) in [4.78, 5) is 2.43. The molecule has 10 rings (SSSR count). The summed E-state index contributed by atoms with van der Waals surface area (Å²) in [5.41, 5.74) is 19.2. The number of rotatable bonds is 9. The van der Waals surface area contributed by atoms with Crippen LogP contribution in [0.3, 0.4) is 0 Å². The standard InChI is InChI=1S/C59H53N/c1-40-36-41(2)38-43(37-40)27-26-42-28-32-48(33-29-42)60(50-19-10-18-47(39-50)53-23-13-25-56-58(53)54-20-8-9-24-55(54)59(56,3)4)49-34-30-45(31-35-49)52-22-12-17-46-16-11-21-51(57(46)52)44-14-6-5-7-15-44/h5-25,28-35,39,41,43H,1,26-27,36-38H2,2-4H3. The zero-order valence-corrected chi connectivity index (χ0v) is 35.2. The van der Waals surface area contributed by atoms with E-state index in [0.717, 1.165) is 35.3 Å². The summed E-state index contributed by atoms with van der Waals surface area (Å²) in [5.74, 6) is 1.49. The lowest BCUT2D eigenvalue weighted by Gasteiger charge is -2.29. The number of hydrogen-bond donors (Lipinski definition) is 0. The SMILES string of the molecule is C=C1CC(C)CC(CCc2ccc(N(c3ccc(-c4cccc5cccc(-c6ccccc6)c45)cc3)c3cccc(-c4cccc5c4-c4ccccc4C5(C)C)c3)cc2)C1. The molecule has 0 heterocycles. The van der Waals surface area contributed by atoms with Crippen molar-refractivity contribution in [2.45, 2.75) is 58.3 Å². The molecule has 0 amide bonds. The van der Waals surface area contributed by atoms with E-state index in [0.29, 0.717) is 0 Å². The lowest BCUT2D eigenvalue weighted by atomic mass is 9.77. The maximum absolute atomic E-state index is 4.36. The van der Waals surface area contributed by atoms with E-state index in [9.17, 15) is 0 Å². The Bertz CT molecular complexity index is 2840. The summed E-state index contributed by atoms with van der Waals surface area (Å²) in [6.07, 6.45) is 6.01. The van der Waals surface area contributed by atoms with Gasteiger partial charge in [0.05, 0.1) is 0 Å². The van der Waals surface area contributed by atoms with E-state index in [1.165, 1.54) is 103 Å². The molecule has 0 aromatic heterocycles. The lowest BCUT2D eigenvalue weighted by molar-refractivity contribution is 0.321. The molecule has 1 saturated carbocycles. The Balaban J connectivity index is 1.04. The molecular formula is C59H53N. The summed E-state index contributed by atoms with van der Waals surface area (Å²) in [5, 5.41) is 2.53. The van der Waals surface area contributed by atoms with Crippen LogP contribution in [-0.2, 0) is 11.8 Å². The molecule has 0 spiro atoms. The van der Waals surface area contributed by atoms with E-state index < -0.39 is 0 Å². The lowest BCUT2D eigenvalue weighted by Crippen LogP contribution is -2.15. The van der Waals surface area contributed by atoms with Gasteiger partial charge >= 0.3 is 0 Å². The first-order chi connectivity index (χ1) is 29.3. The van der Waals surface area contributed by atoms with Crippen LogP contribution in [0.25, 0.3) is 55.3 Å². The third-order valence-corrected chi connectivity index (χ3v) is 13.4. The minimum absolute atomic E-state index is 0.0514. The van der Waals surface area contributed by atoms with Gasteiger partial charge in [-0.15, -0.1) is 0 Å². The minimum Gasteiger partial charge on any atom is -0.310 e. The number of nitrogens with zero attached hydrogens (tertiary/aromatic N) is 1. The average molecular weight is 776 g/mol. The second kappa shape index (κ2) is 15.6. The van der Waals surface area contributed by atoms with Crippen molar-refractivity contribution < 1.29 is 0 Å². The molecule has 1 nitrogen and oxygen atoms in total. The van der Waals surface area contributed by atoms with Gasteiger partial charge in [-0.2, -0.15) is 0 Å². The molecule has 0 saturated heterocycles. The molecule has 294 valence electrons. The van der Waals surface area contributed by atoms with Gasteiger partial charge in [-0.1, -0.05) is 179 Å². The third-order valence-electron chi connectivity index (χ3n) is 13.4. The molecule has 1 fully saturated rings. The first-order valence-corrected chi connectivity index (χ1v) is 21.9. The molecule has 0 N–H and O–H groups in total. The Morgan fingerprint density at radius 2 is 1.12 bits per heavy atom. The van der Waals surface area contributed by atoms with Crippen molar-refractivity contribution in [1.82, 2.24) is 0 Å². The van der Waals surface area contributed by atoms with Crippen molar-refractivity contribution in [1.29, 1.82) is 0 Å². The normalized spacial score (nSPS) is 16.7. The van der Waals surface area contributed by atoms with Crippen LogP contribution < -0.4 is 4.90 Å². The predicted octanol–water partition coefficient (Wildman–Crippen LogP) is 16.5. The number of anilines is 3. The molecule has 2 unspecified atom stereocenters. The molecule has 0 bridgehead atoms. The van der Waals surface area contributed by atoms with Crippen LogP contribution in [0.15, 0.2) is 194 Å². The molecule has 8 aromatic rings. The minimum atomic E-state index is -0.0514. The second-order valence-corrected chi connectivity index (χ2v) is 18.0. The Morgan fingerprint density at radius 1 is 0.533 bits per heavy atom. The molecule has 1 heteroatoms. The fourth-order valence-corrected chi connectivity index (χ4v) is 10.6. The van der Waals surface area contributed by atoms with Gasteiger partial charge in [0.2, 0.25) is 0 Å². The van der Waals surface area contributed by atoms with Gasteiger partial charge in [0.15, 0.2) is 0 Å². The maximum Gasteiger partial charge on any atom is 0.0467 e. The highest BCUT2D eigenvalue weighted by molar-refractivity contribution is 6.06. The molecule has 8 aromatic carbocycles. The third kappa shape index (κ3) is 6.97. The van der Waals surface area contributed by atoms with Crippen LogP contribution in [0, 0.1) is 11.8 Å². The number of allylic oxidation sites excluding steroid dienone is 1. The van der Waals surface area contributed by atoms with Gasteiger partial charge in [0, 0.05) is 22.5 Å². The molecule has 2 aliphatic carbocycles. The highest BCUT2D eigenvalue weighted by Crippen LogP contribution is 2.52. The van der Waals surface area contributed by atoms with Gasteiger partial charge in [0.1, 0.15) is 0 Å². The number of aryl methyl sites for hydroxylation is 1. The predicted molar refractivity (Wildman–Crippen MR) is 256 cm³/mol. The van der Waals surface area contributed by atoms with Gasteiger partial charge in [-0.3, -0.25) is 0 Å². The van der Waals surface area contributed by atoms with Gasteiger partial charge in [-0.05, 0) is 152 Å². The number of fused-ring (bicyclic) bond motifs is 4. The Kier molecular flexibility index (Phi) is 9.85. The highest BCUT2D eigenvalue weighted by Gasteiger charge is 2.36. The zero-order chi connectivity index (χ0) is 40.8. The van der Waals surface area contributed by atoms with Crippen LogP contribution in [0.1, 0.15) is 63.1 Å². The van der Waals surface area contributed by atoms with Crippen LogP contribution in [0.4, 0.5) is 17.1 Å². The first-order valence-electron chi connectivity index (χ1n) is 21.9. The fourth-order valence-electron chi connectivity index (χ4n) is 10.6. The van der Waals surface area contributed by atoms with Crippen molar-refractivity contribution in [3.05, 3.63) is 211 Å². The van der Waals surface area contributed by atoms with Crippen molar-refractivity contribution in [2.24, 2.45) is 11.8 Å². The van der Waals surface area contributed by atoms with Crippen LogP contribution in [0.2, 0.25) is 0 Å². The van der Waals surface area contributed by atoms with Crippen LogP contribution in [-0.4, -0.2) is 0 Å². The van der Waals surface area contributed by atoms with Gasteiger partial charge < -0.3 is 4.90 Å². The average Bonchev–Trinajstić information content (AvgIpc) is 3.52. The van der Waals surface area contributed by atoms with E-state index in [2.05, 4.69) is 214 Å². The van der Waals surface area contributed by atoms with E-state index in [4.69, 9.17) is 0 Å². The summed E-state index contributed by atoms with van der Waals surface area (Å²) >= 11 is 0. The summed E-state index contributed by atoms with van der Waals surface area (Å²) < 4.78 is 0. The van der Waals surface area contributed by atoms with Crippen molar-refractivity contribution in [2.75, 3.05) is 4.90 Å². The number of benzene rings is 8. The summed E-state index contributed by atoms with van der Waals surface area (Å²) in [6.45, 7) is 11.5. The van der Waals surface area contributed by atoms with Crippen molar-refractivity contribution in [3.8, 4) is 44.5 Å².